The molecule has 3 heterocycles. The van der Waals surface area contributed by atoms with Crippen LogP contribution < -0.4 is 9.47 Å². The Bertz CT molecular complexity index is 1060. The minimum Gasteiger partial charge on any atom is -0.494 e. The van der Waals surface area contributed by atoms with Crippen LogP contribution in [0.15, 0.2) is 54.2 Å². The third kappa shape index (κ3) is 4.01. The molecule has 1 saturated heterocycles. The number of allylic oxidation sites excluding steroid dienone is 2. The number of hydrogen-bond acceptors (Lipinski definition) is 6. The molecule has 2 atom stereocenters. The minimum atomic E-state index is -0.406. The average Bonchev–Trinajstić information content (AvgIpc) is 3.13. The molecule has 0 unspecified atom stereocenters. The molecule has 4 rings (SSSR count). The molecule has 7 heteroatoms. The zero-order valence-corrected chi connectivity index (χ0v) is 20.7. The highest BCUT2D eigenvalue weighted by molar-refractivity contribution is 5.81. The van der Waals surface area contributed by atoms with Crippen molar-refractivity contribution in [1.29, 1.82) is 0 Å². The molecule has 34 heavy (non-hydrogen) atoms. The SMILES string of the molecule is C=C(OCC)C1=CN2C(=C(F)C1=C)c1cc(OC)c(OCCCOC)cc1[C@H]1OCC(C)(C)[C@H]12. The second kappa shape index (κ2) is 9.47. The Morgan fingerprint density at radius 3 is 2.68 bits per heavy atom. The first kappa shape index (κ1) is 24.4. The highest BCUT2D eigenvalue weighted by atomic mass is 19.1. The van der Waals surface area contributed by atoms with Crippen LogP contribution >= 0.6 is 0 Å². The van der Waals surface area contributed by atoms with Gasteiger partial charge in [-0.1, -0.05) is 27.0 Å². The summed E-state index contributed by atoms with van der Waals surface area (Å²) in [4.78, 5) is 1.97. The monoisotopic (exact) mass is 471 g/mol. The zero-order chi connectivity index (χ0) is 24.6. The van der Waals surface area contributed by atoms with E-state index >= 15 is 4.39 Å². The minimum absolute atomic E-state index is 0.131. The van der Waals surface area contributed by atoms with E-state index in [9.17, 15) is 0 Å². The Morgan fingerprint density at radius 2 is 2.00 bits per heavy atom. The van der Waals surface area contributed by atoms with Crippen LogP contribution in [-0.2, 0) is 14.2 Å². The van der Waals surface area contributed by atoms with Crippen molar-refractivity contribution in [3.63, 3.8) is 0 Å². The van der Waals surface area contributed by atoms with Crippen molar-refractivity contribution in [2.24, 2.45) is 5.41 Å². The molecule has 6 nitrogen and oxygen atoms in total. The van der Waals surface area contributed by atoms with Gasteiger partial charge in [-0.2, -0.15) is 0 Å². The number of benzene rings is 1. The van der Waals surface area contributed by atoms with Crippen LogP contribution in [0, 0.1) is 5.41 Å². The second-order valence-electron chi connectivity index (χ2n) is 9.40. The van der Waals surface area contributed by atoms with E-state index in [4.69, 9.17) is 23.7 Å². The lowest BCUT2D eigenvalue weighted by atomic mass is 9.76. The van der Waals surface area contributed by atoms with Gasteiger partial charge in [-0.05, 0) is 24.6 Å². The van der Waals surface area contributed by atoms with E-state index in [1.807, 2.05) is 30.2 Å². The second-order valence-corrected chi connectivity index (χ2v) is 9.40. The van der Waals surface area contributed by atoms with Crippen molar-refractivity contribution in [3.8, 4) is 11.5 Å². The molecule has 0 saturated carbocycles. The molecule has 184 valence electrons. The van der Waals surface area contributed by atoms with Gasteiger partial charge in [0, 0.05) is 48.5 Å². The summed E-state index contributed by atoms with van der Waals surface area (Å²) < 4.78 is 44.7. The van der Waals surface area contributed by atoms with Gasteiger partial charge in [0.2, 0.25) is 0 Å². The molecule has 3 aliphatic heterocycles. The Labute approximate surface area is 201 Å². The fraction of sp³-hybridized carbons (Fsp3) is 0.481. The van der Waals surface area contributed by atoms with E-state index in [-0.39, 0.29) is 23.1 Å². The topological polar surface area (TPSA) is 49.4 Å². The van der Waals surface area contributed by atoms with Crippen molar-refractivity contribution >= 4 is 5.70 Å². The maximum atomic E-state index is 16.0. The molecule has 1 aromatic carbocycles. The number of ether oxygens (including phenoxy) is 5. The van der Waals surface area contributed by atoms with Gasteiger partial charge in [0.1, 0.15) is 11.9 Å². The zero-order valence-electron chi connectivity index (χ0n) is 20.7. The summed E-state index contributed by atoms with van der Waals surface area (Å²) in [7, 11) is 3.24. The first-order valence-corrected chi connectivity index (χ1v) is 11.6. The summed E-state index contributed by atoms with van der Waals surface area (Å²) in [6, 6.07) is 3.63. The van der Waals surface area contributed by atoms with Gasteiger partial charge >= 0.3 is 0 Å². The summed E-state index contributed by atoms with van der Waals surface area (Å²) in [6.45, 7) is 16.2. The smallest absolute Gasteiger partial charge is 0.161 e. The van der Waals surface area contributed by atoms with Crippen molar-refractivity contribution in [2.75, 3.05) is 40.6 Å². The van der Waals surface area contributed by atoms with Crippen molar-refractivity contribution in [3.05, 3.63) is 65.3 Å². The van der Waals surface area contributed by atoms with Crippen LogP contribution in [0.4, 0.5) is 4.39 Å². The standard InChI is InChI=1S/C27H34FNO5/c1-8-32-17(3)20-14-29-24(23(28)16(20)2)18-12-21(31-7)22(33-11-9-10-30-6)13-19(18)25-26(29)27(4,5)15-34-25/h12-14,25-26H,2-3,8-11,15H2,1,4-7H3/t25-,26+/m1/s1. The van der Waals surface area contributed by atoms with Crippen LogP contribution in [0.1, 0.15) is 44.4 Å². The third-order valence-corrected chi connectivity index (χ3v) is 6.61. The van der Waals surface area contributed by atoms with E-state index in [0.29, 0.717) is 60.5 Å². The molecule has 0 spiro atoms. The van der Waals surface area contributed by atoms with Crippen molar-refractivity contribution in [2.45, 2.75) is 39.3 Å². The van der Waals surface area contributed by atoms with Crippen LogP contribution in [-0.4, -0.2) is 51.6 Å². The summed E-state index contributed by atoms with van der Waals surface area (Å²) in [5.74, 6) is 1.13. The van der Waals surface area contributed by atoms with E-state index in [1.165, 1.54) is 0 Å². The quantitative estimate of drug-likeness (QED) is 0.348. The largest absolute Gasteiger partial charge is 0.494 e. The number of hydrogen-bond donors (Lipinski definition) is 0. The van der Waals surface area contributed by atoms with Crippen LogP contribution in [0.25, 0.3) is 5.70 Å². The predicted molar refractivity (Wildman–Crippen MR) is 129 cm³/mol. The number of nitrogens with zero attached hydrogens (tertiary/aromatic N) is 1. The van der Waals surface area contributed by atoms with Gasteiger partial charge in [0.15, 0.2) is 17.3 Å². The lowest BCUT2D eigenvalue weighted by Crippen LogP contribution is -2.46. The Balaban J connectivity index is 1.85. The summed E-state index contributed by atoms with van der Waals surface area (Å²) in [5.41, 5.74) is 2.62. The first-order valence-electron chi connectivity index (χ1n) is 11.6. The Hall–Kier alpha value is -2.77. The average molecular weight is 472 g/mol. The molecule has 0 amide bonds. The number of methoxy groups -OCH3 is 2. The normalized spacial score (nSPS) is 22.6. The molecule has 1 fully saturated rings. The molecule has 0 radical (unpaired) electrons. The fourth-order valence-corrected chi connectivity index (χ4v) is 4.97. The van der Waals surface area contributed by atoms with Crippen molar-refractivity contribution < 1.29 is 28.1 Å². The highest BCUT2D eigenvalue weighted by Gasteiger charge is 2.53. The van der Waals surface area contributed by atoms with Crippen LogP contribution in [0.2, 0.25) is 0 Å². The van der Waals surface area contributed by atoms with Crippen molar-refractivity contribution in [1.82, 2.24) is 4.90 Å². The maximum Gasteiger partial charge on any atom is 0.161 e. The number of fused-ring (bicyclic) bond motifs is 6. The molecular formula is C27H34FNO5. The van der Waals surface area contributed by atoms with E-state index in [0.717, 1.165) is 12.0 Å². The van der Waals surface area contributed by atoms with Crippen LogP contribution in [0.3, 0.4) is 0 Å². The molecule has 1 aromatic rings. The summed E-state index contributed by atoms with van der Waals surface area (Å²) in [5, 5.41) is 0. The summed E-state index contributed by atoms with van der Waals surface area (Å²) >= 11 is 0. The first-order chi connectivity index (χ1) is 16.2. The molecule has 3 aliphatic rings. The lowest BCUT2D eigenvalue weighted by Gasteiger charge is -2.46. The Kier molecular flexibility index (Phi) is 6.78. The number of rotatable bonds is 9. The molecular weight excluding hydrogens is 437 g/mol. The van der Waals surface area contributed by atoms with E-state index in [2.05, 4.69) is 27.0 Å². The molecule has 0 bridgehead atoms. The lowest BCUT2D eigenvalue weighted by molar-refractivity contribution is 0.0804. The Morgan fingerprint density at radius 1 is 1.24 bits per heavy atom. The van der Waals surface area contributed by atoms with Gasteiger partial charge in [-0.15, -0.1) is 0 Å². The maximum absolute atomic E-state index is 16.0. The van der Waals surface area contributed by atoms with E-state index in [1.54, 1.807) is 14.2 Å². The van der Waals surface area contributed by atoms with E-state index < -0.39 is 5.83 Å². The predicted octanol–water partition coefficient (Wildman–Crippen LogP) is 5.53. The number of halogens is 1. The highest BCUT2D eigenvalue weighted by Crippen LogP contribution is 2.56. The summed E-state index contributed by atoms with van der Waals surface area (Å²) in [6.07, 6.45) is 2.38. The van der Waals surface area contributed by atoms with Gasteiger partial charge in [0.05, 0.1) is 38.7 Å². The molecule has 0 aromatic heterocycles. The van der Waals surface area contributed by atoms with Crippen LogP contribution in [0.5, 0.6) is 11.5 Å². The molecule has 0 aliphatic carbocycles. The van der Waals surface area contributed by atoms with Gasteiger partial charge in [-0.3, -0.25) is 0 Å². The fourth-order valence-electron chi connectivity index (χ4n) is 4.97. The van der Waals surface area contributed by atoms with Gasteiger partial charge in [0.25, 0.3) is 0 Å². The molecule has 0 N–H and O–H groups in total. The van der Waals surface area contributed by atoms with Gasteiger partial charge in [-0.25, -0.2) is 4.39 Å². The van der Waals surface area contributed by atoms with Gasteiger partial charge < -0.3 is 28.6 Å². The third-order valence-electron chi connectivity index (χ3n) is 6.61.